The Bertz CT molecular complexity index is 1250. The smallest absolute Gasteiger partial charge is 0.235 e. The van der Waals surface area contributed by atoms with Crippen molar-refractivity contribution in [2.75, 3.05) is 11.1 Å². The fraction of sp³-hybridized carbons (Fsp3) is 0.538. The molecular weight excluding hydrogens is 476 g/mol. The molecule has 0 bridgehead atoms. The third-order valence-electron chi connectivity index (χ3n) is 7.48. The highest BCUT2D eigenvalue weighted by atomic mass is 32.2. The van der Waals surface area contributed by atoms with Crippen LogP contribution in [0.25, 0.3) is 0 Å². The van der Waals surface area contributed by atoms with Gasteiger partial charge in [-0.1, -0.05) is 39.0 Å². The van der Waals surface area contributed by atoms with E-state index in [0.29, 0.717) is 22.9 Å². The molecule has 0 saturated heterocycles. The summed E-state index contributed by atoms with van der Waals surface area (Å²) in [6, 6.07) is 6.45. The molecule has 0 spiro atoms. The number of rotatable bonds is 9. The van der Waals surface area contributed by atoms with Crippen molar-refractivity contribution in [3.63, 3.8) is 0 Å². The third-order valence-corrected chi connectivity index (χ3v) is 9.62. The van der Waals surface area contributed by atoms with E-state index in [0.717, 1.165) is 54.5 Å². The molecule has 1 atom stereocenters. The summed E-state index contributed by atoms with van der Waals surface area (Å²) in [4.78, 5) is 14.1. The van der Waals surface area contributed by atoms with Gasteiger partial charge in [0.15, 0.2) is 5.16 Å². The molecule has 35 heavy (non-hydrogen) atoms. The predicted octanol–water partition coefficient (Wildman–Crippen LogP) is 5.43. The van der Waals surface area contributed by atoms with Crippen LogP contribution < -0.4 is 5.32 Å². The largest absolute Gasteiger partial charge is 0.354 e. The number of nitrogens with zero attached hydrogens (tertiary/aromatic N) is 5. The normalized spacial score (nSPS) is 15.6. The second-order valence-electron chi connectivity index (χ2n) is 9.87. The van der Waals surface area contributed by atoms with E-state index in [9.17, 15) is 10.1 Å². The highest BCUT2D eigenvalue weighted by Crippen LogP contribution is 2.45. The summed E-state index contributed by atoms with van der Waals surface area (Å²) < 4.78 is 4.14. The second-order valence-corrected chi connectivity index (χ2v) is 11.9. The number of thiophene rings is 1. The van der Waals surface area contributed by atoms with E-state index in [4.69, 9.17) is 0 Å². The Morgan fingerprint density at radius 2 is 2.17 bits per heavy atom. The molecule has 9 heteroatoms. The van der Waals surface area contributed by atoms with Gasteiger partial charge in [-0.3, -0.25) is 4.79 Å². The molecule has 3 heterocycles. The number of nitriles is 1. The number of nitrogens with one attached hydrogen (secondary N) is 1. The van der Waals surface area contributed by atoms with Crippen LogP contribution in [0.15, 0.2) is 23.5 Å². The van der Waals surface area contributed by atoms with Crippen LogP contribution >= 0.6 is 23.1 Å². The molecule has 0 aromatic carbocycles. The van der Waals surface area contributed by atoms with Crippen LogP contribution in [0, 0.1) is 22.7 Å². The first-order valence-corrected chi connectivity index (χ1v) is 14.1. The number of aryl methyl sites for hydroxylation is 1. The molecule has 4 rings (SSSR count). The van der Waals surface area contributed by atoms with E-state index in [-0.39, 0.29) is 17.1 Å². The maximum Gasteiger partial charge on any atom is 0.235 e. The molecular formula is C26H34N6OS2. The third kappa shape index (κ3) is 5.34. The van der Waals surface area contributed by atoms with Crippen molar-refractivity contribution in [3.05, 3.63) is 45.9 Å². The Morgan fingerprint density at radius 1 is 1.37 bits per heavy atom. The summed E-state index contributed by atoms with van der Waals surface area (Å²) in [5.74, 6) is 1.60. The molecule has 3 aromatic rings. The Kier molecular flexibility index (Phi) is 7.72. The fourth-order valence-electron chi connectivity index (χ4n) is 4.76. The summed E-state index contributed by atoms with van der Waals surface area (Å²) in [5.41, 5.74) is 3.23. The van der Waals surface area contributed by atoms with Crippen molar-refractivity contribution < 1.29 is 4.79 Å². The van der Waals surface area contributed by atoms with Gasteiger partial charge in [-0.15, -0.1) is 21.5 Å². The molecule has 0 saturated carbocycles. The number of thioether (sulfide) groups is 1. The standard InChI is InChI=1S/C26H34N6OS2/c1-6-26(3,4)17-10-11-19-20(15-27)24(35-21(19)13-17)28-23(33)16-34-25-30-29-22(32(25)7-2)14-18-9-8-12-31(18)5/h8-9,12,17H,6-7,10-11,13-14,16H2,1-5H3,(H,28,33). The van der Waals surface area contributed by atoms with Crippen LogP contribution in [0.5, 0.6) is 0 Å². The average Bonchev–Trinajstić information content (AvgIpc) is 3.53. The molecule has 1 amide bonds. The zero-order chi connectivity index (χ0) is 25.2. The summed E-state index contributed by atoms with van der Waals surface area (Å²) in [6.45, 7) is 9.72. The summed E-state index contributed by atoms with van der Waals surface area (Å²) in [5, 5.41) is 23.0. The monoisotopic (exact) mass is 510 g/mol. The molecule has 1 unspecified atom stereocenters. The van der Waals surface area contributed by atoms with Crippen molar-refractivity contribution in [1.82, 2.24) is 19.3 Å². The van der Waals surface area contributed by atoms with Gasteiger partial charge < -0.3 is 14.5 Å². The van der Waals surface area contributed by atoms with Crippen molar-refractivity contribution in [3.8, 4) is 6.07 Å². The van der Waals surface area contributed by atoms with Crippen LogP contribution in [0.1, 0.15) is 68.1 Å². The van der Waals surface area contributed by atoms with Crippen molar-refractivity contribution in [2.45, 2.75) is 71.5 Å². The van der Waals surface area contributed by atoms with Crippen molar-refractivity contribution in [1.29, 1.82) is 5.26 Å². The molecule has 1 aliphatic rings. The first-order valence-electron chi connectivity index (χ1n) is 12.3. The van der Waals surface area contributed by atoms with E-state index in [1.165, 1.54) is 16.6 Å². The van der Waals surface area contributed by atoms with E-state index >= 15 is 0 Å². The number of aromatic nitrogens is 4. The van der Waals surface area contributed by atoms with E-state index < -0.39 is 0 Å². The summed E-state index contributed by atoms with van der Waals surface area (Å²) >= 11 is 2.97. The van der Waals surface area contributed by atoms with Gasteiger partial charge >= 0.3 is 0 Å². The Balaban J connectivity index is 1.42. The maximum atomic E-state index is 12.8. The Morgan fingerprint density at radius 3 is 2.83 bits per heavy atom. The van der Waals surface area contributed by atoms with Crippen LogP contribution in [-0.2, 0) is 37.6 Å². The van der Waals surface area contributed by atoms with Gasteiger partial charge in [-0.05, 0) is 55.2 Å². The zero-order valence-electron chi connectivity index (χ0n) is 21.2. The van der Waals surface area contributed by atoms with Crippen LogP contribution in [0.2, 0.25) is 0 Å². The van der Waals surface area contributed by atoms with Crippen LogP contribution in [-0.4, -0.2) is 31.0 Å². The summed E-state index contributed by atoms with van der Waals surface area (Å²) in [7, 11) is 2.02. The minimum Gasteiger partial charge on any atom is -0.354 e. The average molecular weight is 511 g/mol. The minimum absolute atomic E-state index is 0.120. The lowest BCUT2D eigenvalue weighted by atomic mass is 9.69. The number of amides is 1. The fourth-order valence-corrected chi connectivity index (χ4v) is 6.87. The first kappa shape index (κ1) is 25.5. The highest BCUT2D eigenvalue weighted by Gasteiger charge is 2.34. The van der Waals surface area contributed by atoms with Gasteiger partial charge in [0.05, 0.1) is 11.3 Å². The van der Waals surface area contributed by atoms with Gasteiger partial charge in [0.2, 0.25) is 5.91 Å². The van der Waals surface area contributed by atoms with E-state index in [1.54, 1.807) is 11.3 Å². The quantitative estimate of drug-likeness (QED) is 0.388. The number of fused-ring (bicyclic) bond motifs is 1. The lowest BCUT2D eigenvalue weighted by molar-refractivity contribution is -0.113. The SMILES string of the molecule is CCn1c(Cc2cccn2C)nnc1SCC(=O)Nc1sc2c(c1C#N)CCC(C(C)(C)CC)C2. The molecule has 3 aromatic heterocycles. The van der Waals surface area contributed by atoms with Crippen molar-refractivity contribution in [2.24, 2.45) is 18.4 Å². The van der Waals surface area contributed by atoms with Gasteiger partial charge in [0.25, 0.3) is 0 Å². The molecule has 0 fully saturated rings. The second kappa shape index (κ2) is 10.6. The van der Waals surface area contributed by atoms with E-state index in [1.807, 2.05) is 19.3 Å². The number of hydrogen-bond acceptors (Lipinski definition) is 6. The van der Waals surface area contributed by atoms with Gasteiger partial charge in [-0.2, -0.15) is 5.26 Å². The minimum atomic E-state index is -0.120. The number of carbonyl (C=O) groups is 1. The van der Waals surface area contributed by atoms with E-state index in [2.05, 4.69) is 64.5 Å². The van der Waals surface area contributed by atoms with Crippen LogP contribution in [0.3, 0.4) is 0 Å². The maximum absolute atomic E-state index is 12.8. The lowest BCUT2D eigenvalue weighted by Crippen LogP contribution is -2.28. The lowest BCUT2D eigenvalue weighted by Gasteiger charge is -2.36. The predicted molar refractivity (Wildman–Crippen MR) is 142 cm³/mol. The molecule has 0 aliphatic heterocycles. The van der Waals surface area contributed by atoms with Crippen molar-refractivity contribution >= 4 is 34.0 Å². The Hall–Kier alpha value is -2.57. The molecule has 7 nitrogen and oxygen atoms in total. The highest BCUT2D eigenvalue weighted by molar-refractivity contribution is 7.99. The zero-order valence-corrected chi connectivity index (χ0v) is 22.9. The van der Waals surface area contributed by atoms with Gasteiger partial charge in [-0.25, -0.2) is 0 Å². The van der Waals surface area contributed by atoms with Gasteiger partial charge in [0.1, 0.15) is 16.9 Å². The topological polar surface area (TPSA) is 88.5 Å². The molecule has 0 radical (unpaired) electrons. The Labute approximate surface area is 215 Å². The first-order chi connectivity index (χ1) is 16.8. The van der Waals surface area contributed by atoms with Gasteiger partial charge in [0, 0.05) is 36.8 Å². The number of hydrogen-bond donors (Lipinski definition) is 1. The molecule has 1 N–H and O–H groups in total. The molecule has 1 aliphatic carbocycles. The molecule has 186 valence electrons. The summed E-state index contributed by atoms with van der Waals surface area (Å²) in [6.07, 6.45) is 6.85. The number of carbonyl (C=O) groups excluding carboxylic acids is 1. The number of anilines is 1. The van der Waals surface area contributed by atoms with Crippen LogP contribution in [0.4, 0.5) is 5.00 Å².